The minimum atomic E-state index is -0.123. The zero-order valence-electron chi connectivity index (χ0n) is 30.3. The van der Waals surface area contributed by atoms with Crippen LogP contribution >= 0.6 is 0 Å². The van der Waals surface area contributed by atoms with E-state index >= 15 is 0 Å². The molecule has 4 heteroatoms. The second kappa shape index (κ2) is 10.1. The molecular weight excluding hydrogens is 669 g/mol. The van der Waals surface area contributed by atoms with Crippen molar-refractivity contribution in [3.63, 3.8) is 0 Å². The molecule has 0 N–H and O–H groups in total. The van der Waals surface area contributed by atoms with Crippen molar-refractivity contribution < 1.29 is 0 Å². The van der Waals surface area contributed by atoms with Gasteiger partial charge in [0.1, 0.15) is 0 Å². The van der Waals surface area contributed by atoms with E-state index in [0.717, 1.165) is 33.2 Å². The van der Waals surface area contributed by atoms with Gasteiger partial charge in [-0.2, -0.15) is 0 Å². The Morgan fingerprint density at radius 3 is 1.89 bits per heavy atom. The Morgan fingerprint density at radius 1 is 0.436 bits per heavy atom. The number of hydrogen-bond donors (Lipinski definition) is 0. The summed E-state index contributed by atoms with van der Waals surface area (Å²) in [6, 6.07) is 57.6. The molecule has 0 unspecified atom stereocenters. The summed E-state index contributed by atoms with van der Waals surface area (Å²) in [6.07, 6.45) is 0. The molecule has 0 amide bonds. The lowest BCUT2D eigenvalue weighted by molar-refractivity contribution is 0.660. The largest absolute Gasteiger partial charge is 0.306 e. The molecule has 0 aliphatic heterocycles. The number of aromatic nitrogens is 4. The predicted octanol–water partition coefficient (Wildman–Crippen LogP) is 13.0. The van der Waals surface area contributed by atoms with Crippen LogP contribution in [0.2, 0.25) is 0 Å². The van der Waals surface area contributed by atoms with Crippen molar-refractivity contribution in [1.29, 1.82) is 0 Å². The maximum Gasteiger partial charge on any atom is 0.235 e. The minimum absolute atomic E-state index is 0.123. The molecule has 13 rings (SSSR count). The summed E-state index contributed by atoms with van der Waals surface area (Å²) in [7, 11) is 0. The van der Waals surface area contributed by atoms with E-state index in [4.69, 9.17) is 9.97 Å². The predicted molar refractivity (Wildman–Crippen MR) is 229 cm³/mol. The average Bonchev–Trinajstić information content (AvgIpc) is 3.94. The molecule has 8 aromatic carbocycles. The third-order valence-electron chi connectivity index (χ3n) is 12.6. The molecule has 0 spiro atoms. The maximum absolute atomic E-state index is 5.63. The second-order valence-corrected chi connectivity index (χ2v) is 15.7. The highest BCUT2D eigenvalue weighted by molar-refractivity contribution is 6.38. The van der Waals surface area contributed by atoms with Gasteiger partial charge in [-0.15, -0.1) is 0 Å². The highest BCUT2D eigenvalue weighted by atomic mass is 15.2. The van der Waals surface area contributed by atoms with Crippen LogP contribution in [0.1, 0.15) is 25.0 Å². The van der Waals surface area contributed by atoms with Crippen LogP contribution in [0.4, 0.5) is 0 Å². The van der Waals surface area contributed by atoms with Gasteiger partial charge >= 0.3 is 0 Å². The van der Waals surface area contributed by atoms with Gasteiger partial charge in [-0.25, -0.2) is 9.97 Å². The maximum atomic E-state index is 5.63. The number of para-hydroxylation sites is 4. The van der Waals surface area contributed by atoms with Crippen LogP contribution in [-0.2, 0) is 5.41 Å². The molecule has 0 fully saturated rings. The summed E-state index contributed by atoms with van der Waals surface area (Å²) < 4.78 is 4.87. The third-order valence-corrected chi connectivity index (χ3v) is 12.6. The van der Waals surface area contributed by atoms with Gasteiger partial charge in [0.05, 0.1) is 38.8 Å². The van der Waals surface area contributed by atoms with Crippen LogP contribution in [0.5, 0.6) is 0 Å². The molecule has 1 aliphatic rings. The van der Waals surface area contributed by atoms with Crippen LogP contribution in [0.25, 0.3) is 110 Å². The summed E-state index contributed by atoms with van der Waals surface area (Å²) in [5.74, 6) is 0.670. The normalized spacial score (nSPS) is 13.8. The zero-order chi connectivity index (χ0) is 36.2. The first kappa shape index (κ1) is 29.4. The van der Waals surface area contributed by atoms with Crippen molar-refractivity contribution in [3.8, 4) is 28.3 Å². The van der Waals surface area contributed by atoms with E-state index in [9.17, 15) is 0 Å². The van der Waals surface area contributed by atoms with Crippen LogP contribution in [-0.4, -0.2) is 18.9 Å². The summed E-state index contributed by atoms with van der Waals surface area (Å²) in [5, 5.41) is 11.0. The van der Waals surface area contributed by atoms with E-state index in [1.165, 1.54) is 81.9 Å². The van der Waals surface area contributed by atoms with Crippen LogP contribution in [0.15, 0.2) is 158 Å². The van der Waals surface area contributed by atoms with Gasteiger partial charge < -0.3 is 4.40 Å². The SMILES string of the molecule is CC1(C)c2ccccc2-c2ccc(-c3nc(-n4c5ccccc5c5c6ccccc6c6c7cccc8c9ccccc9n(c87)c6c54)nc4ccccc34)cc21. The van der Waals surface area contributed by atoms with Gasteiger partial charge in [-0.1, -0.05) is 147 Å². The molecule has 4 heterocycles. The lowest BCUT2D eigenvalue weighted by atomic mass is 9.82. The molecule has 0 saturated heterocycles. The number of hydrogen-bond acceptors (Lipinski definition) is 2. The lowest BCUT2D eigenvalue weighted by Crippen LogP contribution is -2.15. The Hall–Kier alpha value is -7.04. The highest BCUT2D eigenvalue weighted by Gasteiger charge is 2.35. The lowest BCUT2D eigenvalue weighted by Gasteiger charge is -2.22. The van der Waals surface area contributed by atoms with Crippen LogP contribution in [0, 0.1) is 0 Å². The zero-order valence-corrected chi connectivity index (χ0v) is 30.3. The molecular formula is C51H32N4. The monoisotopic (exact) mass is 700 g/mol. The van der Waals surface area contributed by atoms with E-state index in [1.807, 2.05) is 0 Å². The number of benzene rings is 8. The van der Waals surface area contributed by atoms with E-state index in [2.05, 4.69) is 181 Å². The first-order valence-electron chi connectivity index (χ1n) is 19.1. The molecule has 0 radical (unpaired) electrons. The molecule has 12 aromatic rings. The molecule has 0 saturated carbocycles. The number of fused-ring (bicyclic) bond motifs is 17. The Morgan fingerprint density at radius 2 is 1.05 bits per heavy atom. The smallest absolute Gasteiger partial charge is 0.235 e. The Kier molecular flexibility index (Phi) is 5.42. The fourth-order valence-electron chi connectivity index (χ4n) is 10.3. The Labute approximate surface area is 315 Å². The van der Waals surface area contributed by atoms with Gasteiger partial charge in [0.25, 0.3) is 0 Å². The molecule has 1 aliphatic carbocycles. The molecule has 4 aromatic heterocycles. The average molecular weight is 701 g/mol. The van der Waals surface area contributed by atoms with E-state index < -0.39 is 0 Å². The van der Waals surface area contributed by atoms with Gasteiger partial charge in [0, 0.05) is 48.7 Å². The van der Waals surface area contributed by atoms with Crippen molar-refractivity contribution in [2.24, 2.45) is 0 Å². The molecule has 256 valence electrons. The van der Waals surface area contributed by atoms with Crippen LogP contribution < -0.4 is 0 Å². The van der Waals surface area contributed by atoms with Gasteiger partial charge in [0.15, 0.2) is 0 Å². The van der Waals surface area contributed by atoms with E-state index in [0.29, 0.717) is 5.95 Å². The summed E-state index contributed by atoms with van der Waals surface area (Å²) in [6.45, 7) is 4.68. The fourth-order valence-corrected chi connectivity index (χ4v) is 10.3. The topological polar surface area (TPSA) is 35.1 Å². The standard InChI is InChI=1S/C51H32N4/c1-51(2)39-22-9-5-14-30(39)31-27-26-29(28-40(31)51)46-36-18-6-10-23-41(36)52-50(53-46)55-43-25-12-8-19-37(43)44-33-16-3-4-17-34(33)45-38-21-13-20-35-32-15-7-11-24-42(32)54(47(35)38)48(45)49(44)55/h3-28H,1-2H3. The van der Waals surface area contributed by atoms with E-state index in [-0.39, 0.29) is 5.41 Å². The molecule has 55 heavy (non-hydrogen) atoms. The second-order valence-electron chi connectivity index (χ2n) is 15.7. The molecule has 4 nitrogen and oxygen atoms in total. The van der Waals surface area contributed by atoms with Crippen molar-refractivity contribution in [1.82, 2.24) is 18.9 Å². The minimum Gasteiger partial charge on any atom is -0.306 e. The van der Waals surface area contributed by atoms with Gasteiger partial charge in [-0.3, -0.25) is 4.57 Å². The first-order chi connectivity index (χ1) is 27.1. The fraction of sp³-hybridized carbons (Fsp3) is 0.0588. The van der Waals surface area contributed by atoms with Crippen molar-refractivity contribution in [3.05, 3.63) is 169 Å². The summed E-state index contributed by atoms with van der Waals surface area (Å²) in [5.41, 5.74) is 14.0. The summed E-state index contributed by atoms with van der Waals surface area (Å²) >= 11 is 0. The van der Waals surface area contributed by atoms with Crippen molar-refractivity contribution in [2.75, 3.05) is 0 Å². The number of rotatable bonds is 2. The third kappa shape index (κ3) is 3.57. The first-order valence-corrected chi connectivity index (χ1v) is 19.1. The van der Waals surface area contributed by atoms with Gasteiger partial charge in [-0.05, 0) is 57.3 Å². The molecule has 0 atom stereocenters. The van der Waals surface area contributed by atoms with Gasteiger partial charge in [0.2, 0.25) is 5.95 Å². The van der Waals surface area contributed by atoms with Crippen molar-refractivity contribution in [2.45, 2.75) is 19.3 Å². The van der Waals surface area contributed by atoms with E-state index in [1.54, 1.807) is 0 Å². The number of nitrogens with zero attached hydrogens (tertiary/aromatic N) is 4. The highest BCUT2D eigenvalue weighted by Crippen LogP contribution is 2.51. The summed E-state index contributed by atoms with van der Waals surface area (Å²) in [4.78, 5) is 11.1. The molecule has 0 bridgehead atoms. The van der Waals surface area contributed by atoms with Crippen LogP contribution in [0.3, 0.4) is 0 Å². The Bertz CT molecular complexity index is 3630. The quantitative estimate of drug-likeness (QED) is 0.180. The Balaban J connectivity index is 1.21. The van der Waals surface area contributed by atoms with Crippen molar-refractivity contribution >= 4 is 81.6 Å².